The molecule has 1 aliphatic carbocycles. The summed E-state index contributed by atoms with van der Waals surface area (Å²) in [4.78, 5) is 10.5. The fourth-order valence-corrected chi connectivity index (χ4v) is 6.09. The van der Waals surface area contributed by atoms with Crippen LogP contribution in [0.2, 0.25) is 0 Å². The lowest BCUT2D eigenvalue weighted by molar-refractivity contribution is 0.266. The van der Waals surface area contributed by atoms with E-state index in [9.17, 15) is 0 Å². The van der Waals surface area contributed by atoms with Crippen LogP contribution in [0, 0.1) is 0 Å². The van der Waals surface area contributed by atoms with Gasteiger partial charge in [-0.25, -0.2) is 9.98 Å². The summed E-state index contributed by atoms with van der Waals surface area (Å²) >= 11 is 0. The van der Waals surface area contributed by atoms with Crippen LogP contribution in [-0.2, 0) is 0 Å². The summed E-state index contributed by atoms with van der Waals surface area (Å²) in [6.07, 6.45) is 8.42. The van der Waals surface area contributed by atoms with Gasteiger partial charge in [0.15, 0.2) is 6.17 Å². The summed E-state index contributed by atoms with van der Waals surface area (Å²) in [5.41, 5.74) is 8.86. The monoisotopic (exact) mass is 532 g/mol. The molecule has 8 rings (SSSR count). The van der Waals surface area contributed by atoms with Crippen molar-refractivity contribution >= 4 is 11.7 Å². The second kappa shape index (κ2) is 9.79. The van der Waals surface area contributed by atoms with Gasteiger partial charge in [0.05, 0.1) is 0 Å². The molecule has 4 aliphatic rings. The SMILES string of the molecule is C1=CC2=CC3c4c(cc(-c5ccccc5)cc4C4N=C(c5ccccc5)NC(c5ccccc5)=N4)OC3C=C2NC1. The Kier molecular flexibility index (Phi) is 5.66. The van der Waals surface area contributed by atoms with E-state index < -0.39 is 6.17 Å². The van der Waals surface area contributed by atoms with Gasteiger partial charge in [-0.05, 0) is 34.9 Å². The second-order valence-electron chi connectivity index (χ2n) is 10.6. The van der Waals surface area contributed by atoms with E-state index >= 15 is 0 Å². The molecular formula is C36H28N4O. The topological polar surface area (TPSA) is 58.0 Å². The number of nitrogens with one attached hydrogen (secondary N) is 2. The molecule has 5 nitrogen and oxygen atoms in total. The van der Waals surface area contributed by atoms with E-state index in [0.29, 0.717) is 0 Å². The highest BCUT2D eigenvalue weighted by Gasteiger charge is 2.39. The third-order valence-corrected chi connectivity index (χ3v) is 8.05. The Bertz CT molecular complexity index is 1730. The first kappa shape index (κ1) is 23.7. The molecule has 41 heavy (non-hydrogen) atoms. The molecule has 3 heterocycles. The standard InChI is InChI=1S/C36H28N4O/c1-4-11-23(12-5-1)27-20-29(33-28-19-26-17-10-18-37-30(26)22-31(28)41-32(33)21-27)36-39-34(24-13-6-2-7-14-24)38-35(40-36)25-15-8-3-9-16-25/h1-17,19-22,28,31,36-37H,18H2,(H,38,39,40). The maximum atomic E-state index is 6.68. The Morgan fingerprint density at radius 2 is 1.32 bits per heavy atom. The normalized spacial score (nSPS) is 20.6. The zero-order chi connectivity index (χ0) is 27.2. The van der Waals surface area contributed by atoms with Gasteiger partial charge < -0.3 is 15.4 Å². The Morgan fingerprint density at radius 1 is 0.683 bits per heavy atom. The predicted octanol–water partition coefficient (Wildman–Crippen LogP) is 6.68. The summed E-state index contributed by atoms with van der Waals surface area (Å²) in [5.74, 6) is 2.60. The first-order chi connectivity index (χ1) is 20.3. The Hall–Kier alpha value is -5.16. The lowest BCUT2D eigenvalue weighted by Gasteiger charge is -2.27. The summed E-state index contributed by atoms with van der Waals surface area (Å²) in [5, 5.41) is 7.02. The number of aliphatic imine (C=N–C) groups is 2. The fourth-order valence-electron chi connectivity index (χ4n) is 6.09. The Morgan fingerprint density at radius 3 is 1.98 bits per heavy atom. The molecule has 2 unspecified atom stereocenters. The van der Waals surface area contributed by atoms with E-state index in [4.69, 9.17) is 14.7 Å². The number of hydrogen-bond donors (Lipinski definition) is 2. The van der Waals surface area contributed by atoms with Gasteiger partial charge in [-0.2, -0.15) is 0 Å². The van der Waals surface area contributed by atoms with E-state index in [1.54, 1.807) is 0 Å². The highest BCUT2D eigenvalue weighted by molar-refractivity contribution is 6.15. The molecule has 0 aromatic heterocycles. The number of ether oxygens (including phenoxy) is 1. The molecule has 5 heteroatoms. The predicted molar refractivity (Wildman–Crippen MR) is 164 cm³/mol. The van der Waals surface area contributed by atoms with Crippen LogP contribution in [0.4, 0.5) is 0 Å². The fraction of sp³-hybridized carbons (Fsp3) is 0.111. The zero-order valence-corrected chi connectivity index (χ0v) is 22.4. The third-order valence-electron chi connectivity index (χ3n) is 8.05. The average Bonchev–Trinajstić information content (AvgIpc) is 3.41. The number of nitrogens with zero attached hydrogens (tertiary/aromatic N) is 2. The van der Waals surface area contributed by atoms with Crippen molar-refractivity contribution in [2.24, 2.45) is 9.98 Å². The molecule has 0 amide bonds. The smallest absolute Gasteiger partial charge is 0.170 e. The van der Waals surface area contributed by atoms with Crippen molar-refractivity contribution in [3.63, 3.8) is 0 Å². The van der Waals surface area contributed by atoms with Gasteiger partial charge in [0, 0.05) is 40.4 Å². The van der Waals surface area contributed by atoms with Crippen LogP contribution in [0.3, 0.4) is 0 Å². The van der Waals surface area contributed by atoms with Gasteiger partial charge in [0.2, 0.25) is 0 Å². The molecule has 4 aromatic carbocycles. The molecule has 2 N–H and O–H groups in total. The van der Waals surface area contributed by atoms with Crippen LogP contribution in [0.5, 0.6) is 5.75 Å². The summed E-state index contributed by atoms with van der Waals surface area (Å²) < 4.78 is 6.68. The largest absolute Gasteiger partial charge is 0.485 e. The van der Waals surface area contributed by atoms with Gasteiger partial charge in [-0.1, -0.05) is 109 Å². The van der Waals surface area contributed by atoms with E-state index in [0.717, 1.165) is 63.0 Å². The molecule has 0 radical (unpaired) electrons. The minimum Gasteiger partial charge on any atom is -0.485 e. The van der Waals surface area contributed by atoms with Gasteiger partial charge in [0.25, 0.3) is 0 Å². The molecule has 0 bridgehead atoms. The zero-order valence-electron chi connectivity index (χ0n) is 22.4. The Balaban J connectivity index is 1.33. The molecule has 0 saturated carbocycles. The maximum Gasteiger partial charge on any atom is 0.170 e. The summed E-state index contributed by atoms with van der Waals surface area (Å²) in [6, 6.07) is 35.5. The lowest BCUT2D eigenvalue weighted by Crippen LogP contribution is -2.36. The highest BCUT2D eigenvalue weighted by atomic mass is 16.5. The molecule has 198 valence electrons. The molecule has 0 saturated heterocycles. The van der Waals surface area contributed by atoms with Crippen LogP contribution in [0.15, 0.2) is 149 Å². The van der Waals surface area contributed by atoms with Crippen molar-refractivity contribution < 1.29 is 4.74 Å². The number of hydrogen-bond acceptors (Lipinski definition) is 5. The van der Waals surface area contributed by atoms with Gasteiger partial charge in [-0.3, -0.25) is 0 Å². The van der Waals surface area contributed by atoms with Gasteiger partial charge in [0.1, 0.15) is 23.5 Å². The van der Waals surface area contributed by atoms with E-state index in [-0.39, 0.29) is 12.0 Å². The number of fused-ring (bicyclic) bond motifs is 4. The van der Waals surface area contributed by atoms with Crippen LogP contribution in [0.25, 0.3) is 11.1 Å². The molecule has 3 aliphatic heterocycles. The lowest BCUT2D eigenvalue weighted by atomic mass is 9.83. The van der Waals surface area contributed by atoms with E-state index in [1.165, 1.54) is 5.57 Å². The van der Waals surface area contributed by atoms with Crippen molar-refractivity contribution in [3.05, 3.63) is 161 Å². The van der Waals surface area contributed by atoms with Crippen LogP contribution in [0.1, 0.15) is 34.3 Å². The third kappa shape index (κ3) is 4.27. The van der Waals surface area contributed by atoms with E-state index in [2.05, 4.69) is 95.6 Å². The molecule has 0 fully saturated rings. The Labute approximate surface area is 239 Å². The first-order valence-electron chi connectivity index (χ1n) is 14.1. The second-order valence-corrected chi connectivity index (χ2v) is 10.6. The number of allylic oxidation sites excluding steroid dienone is 1. The maximum absolute atomic E-state index is 6.68. The molecular weight excluding hydrogens is 504 g/mol. The van der Waals surface area contributed by atoms with Gasteiger partial charge >= 0.3 is 0 Å². The minimum atomic E-state index is -0.440. The van der Waals surface area contributed by atoms with Crippen molar-refractivity contribution in [2.75, 3.05) is 6.54 Å². The van der Waals surface area contributed by atoms with Crippen molar-refractivity contribution in [3.8, 4) is 16.9 Å². The van der Waals surface area contributed by atoms with Crippen LogP contribution >= 0.6 is 0 Å². The number of rotatable bonds is 4. The molecule has 0 spiro atoms. The van der Waals surface area contributed by atoms with Crippen LogP contribution in [-0.4, -0.2) is 24.3 Å². The van der Waals surface area contributed by atoms with Crippen molar-refractivity contribution in [1.82, 2.24) is 10.6 Å². The minimum absolute atomic E-state index is 0.0776. The van der Waals surface area contributed by atoms with Crippen molar-refractivity contribution in [1.29, 1.82) is 0 Å². The average molecular weight is 533 g/mol. The number of amidine groups is 2. The summed E-state index contributed by atoms with van der Waals surface area (Å²) in [6.45, 7) is 0.833. The highest BCUT2D eigenvalue weighted by Crippen LogP contribution is 2.49. The van der Waals surface area contributed by atoms with Crippen LogP contribution < -0.4 is 15.4 Å². The molecule has 2 atom stereocenters. The number of benzene rings is 4. The first-order valence-corrected chi connectivity index (χ1v) is 14.1. The molecule has 4 aromatic rings. The van der Waals surface area contributed by atoms with Crippen molar-refractivity contribution in [2.45, 2.75) is 18.2 Å². The van der Waals surface area contributed by atoms with Gasteiger partial charge in [-0.15, -0.1) is 0 Å². The van der Waals surface area contributed by atoms with E-state index in [1.807, 2.05) is 42.5 Å². The summed E-state index contributed by atoms with van der Waals surface area (Å²) in [7, 11) is 0. The quantitative estimate of drug-likeness (QED) is 0.308.